The molecule has 0 radical (unpaired) electrons. The second-order valence-electron chi connectivity index (χ2n) is 8.68. The minimum atomic E-state index is 0.842. The number of hydrogen-bond acceptors (Lipinski definition) is 1. The van der Waals surface area contributed by atoms with Crippen LogP contribution >= 0.6 is 11.3 Å². The first kappa shape index (κ1) is 19.3. The van der Waals surface area contributed by atoms with Crippen molar-refractivity contribution in [2.24, 2.45) is 7.05 Å². The third-order valence-corrected chi connectivity index (χ3v) is 7.65. The van der Waals surface area contributed by atoms with Crippen molar-refractivity contribution in [3.63, 3.8) is 0 Å². The SMILES string of the molecule is Cc1ccc2sc3ccc(C)c(-c4n(Cc5ccccc5)c5ccccc5[n+]4C)c3c2c1. The fraction of sp³-hybridized carbons (Fsp3) is 0.138. The van der Waals surface area contributed by atoms with E-state index < -0.39 is 0 Å². The van der Waals surface area contributed by atoms with E-state index in [-0.39, 0.29) is 0 Å². The molecule has 3 heteroatoms. The smallest absolute Gasteiger partial charge is 0.226 e. The van der Waals surface area contributed by atoms with Crippen molar-refractivity contribution in [3.8, 4) is 11.4 Å². The minimum absolute atomic E-state index is 0.842. The first-order valence-electron chi connectivity index (χ1n) is 11.1. The number of aromatic nitrogens is 2. The molecule has 0 aliphatic carbocycles. The maximum atomic E-state index is 2.49. The van der Waals surface area contributed by atoms with Gasteiger partial charge in [0.05, 0.1) is 12.6 Å². The monoisotopic (exact) mass is 433 g/mol. The summed E-state index contributed by atoms with van der Waals surface area (Å²) in [6.45, 7) is 5.28. The van der Waals surface area contributed by atoms with Crippen LogP contribution in [0.1, 0.15) is 16.7 Å². The van der Waals surface area contributed by atoms with Gasteiger partial charge < -0.3 is 0 Å². The lowest BCUT2D eigenvalue weighted by Crippen LogP contribution is -2.30. The number of benzene rings is 4. The number of rotatable bonds is 3. The predicted octanol–water partition coefficient (Wildman–Crippen LogP) is 7.17. The number of hydrogen-bond donors (Lipinski definition) is 0. The molecular formula is C29H25N2S+. The van der Waals surface area contributed by atoms with Gasteiger partial charge in [-0.3, -0.25) is 0 Å². The van der Waals surface area contributed by atoms with E-state index in [1.807, 2.05) is 11.3 Å². The number of para-hydroxylation sites is 2. The molecule has 0 spiro atoms. The Labute approximate surface area is 192 Å². The molecule has 2 nitrogen and oxygen atoms in total. The summed E-state index contributed by atoms with van der Waals surface area (Å²) < 4.78 is 7.57. The van der Waals surface area contributed by atoms with E-state index >= 15 is 0 Å². The first-order valence-corrected chi connectivity index (χ1v) is 11.9. The van der Waals surface area contributed by atoms with Gasteiger partial charge in [0.15, 0.2) is 11.0 Å². The lowest BCUT2D eigenvalue weighted by Gasteiger charge is -2.09. The Kier molecular flexibility index (Phi) is 4.41. The molecule has 156 valence electrons. The molecule has 2 heterocycles. The Bertz CT molecular complexity index is 1620. The van der Waals surface area contributed by atoms with Crippen LogP contribution < -0.4 is 4.57 Å². The van der Waals surface area contributed by atoms with Crippen molar-refractivity contribution in [2.75, 3.05) is 0 Å². The summed E-state index contributed by atoms with van der Waals surface area (Å²) in [4.78, 5) is 0. The van der Waals surface area contributed by atoms with Crippen LogP contribution in [0.3, 0.4) is 0 Å². The zero-order valence-corrected chi connectivity index (χ0v) is 19.4. The summed E-state index contributed by atoms with van der Waals surface area (Å²) in [6, 6.07) is 30.9. The van der Waals surface area contributed by atoms with Crippen LogP contribution in [0.15, 0.2) is 84.9 Å². The molecule has 0 atom stereocenters. The van der Waals surface area contributed by atoms with Crippen LogP contribution in [0.4, 0.5) is 0 Å². The average Bonchev–Trinajstić information content (AvgIpc) is 3.30. The lowest BCUT2D eigenvalue weighted by atomic mass is 9.99. The molecule has 0 fully saturated rings. The lowest BCUT2D eigenvalue weighted by molar-refractivity contribution is -0.634. The van der Waals surface area contributed by atoms with Crippen LogP contribution in [0.2, 0.25) is 0 Å². The highest BCUT2D eigenvalue weighted by atomic mass is 32.1. The quantitative estimate of drug-likeness (QED) is 0.262. The van der Waals surface area contributed by atoms with Gasteiger partial charge in [-0.1, -0.05) is 60.2 Å². The van der Waals surface area contributed by atoms with Crippen LogP contribution in [-0.2, 0) is 13.6 Å². The van der Waals surface area contributed by atoms with Gasteiger partial charge in [0.2, 0.25) is 0 Å². The predicted molar refractivity (Wildman–Crippen MR) is 136 cm³/mol. The molecule has 0 saturated carbocycles. The van der Waals surface area contributed by atoms with E-state index in [9.17, 15) is 0 Å². The molecule has 4 aromatic carbocycles. The molecule has 6 aromatic rings. The summed E-state index contributed by atoms with van der Waals surface area (Å²) >= 11 is 1.89. The van der Waals surface area contributed by atoms with Crippen molar-refractivity contribution in [2.45, 2.75) is 20.4 Å². The maximum Gasteiger partial charge on any atom is 0.290 e. The third-order valence-electron chi connectivity index (χ3n) is 6.51. The summed E-state index contributed by atoms with van der Waals surface area (Å²) in [7, 11) is 2.21. The molecule has 2 aromatic heterocycles. The van der Waals surface area contributed by atoms with Crippen molar-refractivity contribution in [3.05, 3.63) is 102 Å². The van der Waals surface area contributed by atoms with E-state index in [4.69, 9.17) is 0 Å². The molecule has 6 rings (SSSR count). The van der Waals surface area contributed by atoms with Gasteiger partial charge in [-0.05, 0) is 55.3 Å². The van der Waals surface area contributed by atoms with Crippen LogP contribution in [0.5, 0.6) is 0 Å². The molecule has 0 N–H and O–H groups in total. The molecule has 0 unspecified atom stereocenters. The molecular weight excluding hydrogens is 408 g/mol. The van der Waals surface area contributed by atoms with E-state index in [1.54, 1.807) is 0 Å². The maximum absolute atomic E-state index is 2.49. The number of nitrogens with zero attached hydrogens (tertiary/aromatic N) is 2. The summed E-state index contributed by atoms with van der Waals surface area (Å²) in [5, 5.41) is 2.74. The standard InChI is InChI=1S/C29H25N2S/c1-19-13-15-25-22(17-19)28-26(32-25)16-14-20(2)27(28)29-30(3)23-11-7-8-12-24(23)31(29)18-21-9-5-4-6-10-21/h4-17H,18H2,1-3H3/q+1. The summed E-state index contributed by atoms with van der Waals surface area (Å²) in [6.07, 6.45) is 0. The highest BCUT2D eigenvalue weighted by Gasteiger charge is 2.28. The van der Waals surface area contributed by atoms with Crippen LogP contribution in [0.25, 0.3) is 42.6 Å². The number of aryl methyl sites for hydroxylation is 3. The summed E-state index contributed by atoms with van der Waals surface area (Å²) in [5.74, 6) is 1.26. The molecule has 0 bridgehead atoms. The van der Waals surface area contributed by atoms with Gasteiger partial charge in [0, 0.05) is 20.2 Å². The first-order chi connectivity index (χ1) is 15.6. The van der Waals surface area contributed by atoms with Gasteiger partial charge in [0.25, 0.3) is 5.82 Å². The Balaban J connectivity index is 1.75. The van der Waals surface area contributed by atoms with E-state index in [0.29, 0.717) is 0 Å². The summed E-state index contributed by atoms with van der Waals surface area (Å²) in [5.41, 5.74) is 7.79. The Morgan fingerprint density at radius 1 is 0.812 bits per heavy atom. The van der Waals surface area contributed by atoms with Crippen molar-refractivity contribution < 1.29 is 4.57 Å². The van der Waals surface area contributed by atoms with Crippen molar-refractivity contribution >= 4 is 42.5 Å². The Morgan fingerprint density at radius 3 is 2.41 bits per heavy atom. The minimum Gasteiger partial charge on any atom is -0.226 e. The van der Waals surface area contributed by atoms with Gasteiger partial charge in [-0.25, -0.2) is 9.13 Å². The van der Waals surface area contributed by atoms with Crippen molar-refractivity contribution in [1.29, 1.82) is 0 Å². The molecule has 0 aliphatic rings. The van der Waals surface area contributed by atoms with Gasteiger partial charge in [0.1, 0.15) is 6.54 Å². The van der Waals surface area contributed by atoms with E-state index in [1.165, 1.54) is 59.3 Å². The van der Waals surface area contributed by atoms with Gasteiger partial charge >= 0.3 is 0 Å². The highest BCUT2D eigenvalue weighted by molar-refractivity contribution is 7.25. The number of thiophene rings is 1. The van der Waals surface area contributed by atoms with E-state index in [0.717, 1.165) is 6.54 Å². The molecule has 32 heavy (non-hydrogen) atoms. The van der Waals surface area contributed by atoms with Gasteiger partial charge in [-0.15, -0.1) is 11.3 Å². The molecule has 0 aliphatic heterocycles. The largest absolute Gasteiger partial charge is 0.290 e. The third kappa shape index (κ3) is 2.89. The number of imidazole rings is 1. The van der Waals surface area contributed by atoms with Crippen molar-refractivity contribution in [1.82, 2.24) is 4.57 Å². The fourth-order valence-corrected chi connectivity index (χ4v) is 6.08. The zero-order valence-electron chi connectivity index (χ0n) is 18.6. The van der Waals surface area contributed by atoms with Crippen LogP contribution in [-0.4, -0.2) is 4.57 Å². The topological polar surface area (TPSA) is 8.81 Å². The Hall–Kier alpha value is -3.43. The second-order valence-corrected chi connectivity index (χ2v) is 9.76. The Morgan fingerprint density at radius 2 is 1.56 bits per heavy atom. The molecule has 0 saturated heterocycles. The normalized spacial score (nSPS) is 11.7. The second kappa shape index (κ2) is 7.32. The van der Waals surface area contributed by atoms with E-state index in [2.05, 4.69) is 115 Å². The van der Waals surface area contributed by atoms with Crippen LogP contribution in [0, 0.1) is 13.8 Å². The zero-order chi connectivity index (χ0) is 21.8. The molecule has 0 amide bonds. The highest BCUT2D eigenvalue weighted by Crippen LogP contribution is 2.42. The van der Waals surface area contributed by atoms with Gasteiger partial charge in [-0.2, -0.15) is 0 Å². The number of fused-ring (bicyclic) bond motifs is 4. The average molecular weight is 434 g/mol. The fourth-order valence-electron chi connectivity index (χ4n) is 4.99.